The van der Waals surface area contributed by atoms with E-state index in [0.29, 0.717) is 12.3 Å². The fourth-order valence-electron chi connectivity index (χ4n) is 2.23. The van der Waals surface area contributed by atoms with E-state index in [4.69, 9.17) is 4.74 Å². The van der Waals surface area contributed by atoms with Crippen molar-refractivity contribution >= 4 is 22.9 Å². The molecule has 1 aromatic heterocycles. The van der Waals surface area contributed by atoms with E-state index in [0.717, 1.165) is 10.6 Å². The number of para-hydroxylation sites is 2. The van der Waals surface area contributed by atoms with E-state index in [1.165, 1.54) is 0 Å². The van der Waals surface area contributed by atoms with Crippen molar-refractivity contribution in [2.75, 3.05) is 11.5 Å². The Morgan fingerprint density at radius 1 is 0.913 bits per heavy atom. The number of hydrogen-bond donors (Lipinski definition) is 0. The molecule has 4 heteroatoms. The second-order valence-corrected chi connectivity index (χ2v) is 6.03. The molecule has 0 bridgehead atoms. The van der Waals surface area contributed by atoms with Crippen molar-refractivity contribution in [2.45, 2.75) is 6.54 Å². The predicted molar refractivity (Wildman–Crippen MR) is 93.9 cm³/mol. The third kappa shape index (κ3) is 4.20. The van der Waals surface area contributed by atoms with Crippen molar-refractivity contribution in [3.05, 3.63) is 83.1 Å². The van der Waals surface area contributed by atoms with Gasteiger partial charge in [-0.25, -0.2) is 0 Å². The number of nitrogens with zero attached hydrogens (tertiary/aromatic N) is 1. The van der Waals surface area contributed by atoms with Gasteiger partial charge in [-0.2, -0.15) is 0 Å². The highest BCUT2D eigenvalue weighted by Crippen LogP contribution is 2.20. The summed E-state index contributed by atoms with van der Waals surface area (Å²) < 4.78 is 5.60. The fourth-order valence-corrected chi connectivity index (χ4v) is 2.92. The summed E-state index contributed by atoms with van der Waals surface area (Å²) in [6.07, 6.45) is 0. The largest absolute Gasteiger partial charge is 0.484 e. The van der Waals surface area contributed by atoms with Crippen LogP contribution in [0.3, 0.4) is 0 Å². The van der Waals surface area contributed by atoms with Crippen molar-refractivity contribution in [1.29, 1.82) is 0 Å². The van der Waals surface area contributed by atoms with E-state index in [9.17, 15) is 4.79 Å². The summed E-state index contributed by atoms with van der Waals surface area (Å²) in [5.41, 5.74) is 0.877. The number of hydrogen-bond acceptors (Lipinski definition) is 3. The highest BCUT2D eigenvalue weighted by atomic mass is 32.1. The zero-order valence-corrected chi connectivity index (χ0v) is 13.4. The van der Waals surface area contributed by atoms with Gasteiger partial charge in [0.15, 0.2) is 6.61 Å². The summed E-state index contributed by atoms with van der Waals surface area (Å²) in [5, 5.41) is 2.02. The van der Waals surface area contributed by atoms with Gasteiger partial charge in [-0.1, -0.05) is 42.5 Å². The highest BCUT2D eigenvalue weighted by Gasteiger charge is 2.17. The zero-order chi connectivity index (χ0) is 15.9. The number of benzene rings is 2. The maximum atomic E-state index is 12.6. The van der Waals surface area contributed by atoms with Crippen LogP contribution in [-0.2, 0) is 11.3 Å². The number of amides is 1. The molecule has 1 heterocycles. The van der Waals surface area contributed by atoms with E-state index in [2.05, 4.69) is 0 Å². The van der Waals surface area contributed by atoms with Crippen molar-refractivity contribution in [3.8, 4) is 5.75 Å². The molecule has 0 unspecified atom stereocenters. The second kappa shape index (κ2) is 7.61. The average molecular weight is 323 g/mol. The average Bonchev–Trinajstić information content (AvgIpc) is 3.12. The van der Waals surface area contributed by atoms with E-state index in [-0.39, 0.29) is 12.5 Å². The molecular formula is C19H17NO2S. The Labute approximate surface area is 139 Å². The Hall–Kier alpha value is -2.59. The molecule has 0 saturated carbocycles. The molecule has 0 saturated heterocycles. The van der Waals surface area contributed by atoms with E-state index >= 15 is 0 Å². The van der Waals surface area contributed by atoms with Crippen LogP contribution in [0.5, 0.6) is 5.75 Å². The summed E-state index contributed by atoms with van der Waals surface area (Å²) in [5.74, 6) is 0.637. The summed E-state index contributed by atoms with van der Waals surface area (Å²) in [6, 6.07) is 23.1. The van der Waals surface area contributed by atoms with Crippen LogP contribution in [-0.4, -0.2) is 12.5 Å². The van der Waals surface area contributed by atoms with Gasteiger partial charge < -0.3 is 9.64 Å². The molecule has 0 aliphatic heterocycles. The third-order valence-electron chi connectivity index (χ3n) is 3.37. The van der Waals surface area contributed by atoms with Gasteiger partial charge in [0.05, 0.1) is 6.54 Å². The lowest BCUT2D eigenvalue weighted by Gasteiger charge is -2.22. The van der Waals surface area contributed by atoms with E-state index < -0.39 is 0 Å². The van der Waals surface area contributed by atoms with Crippen LogP contribution in [0.1, 0.15) is 4.88 Å². The van der Waals surface area contributed by atoms with Crippen LogP contribution in [0.15, 0.2) is 78.2 Å². The molecule has 3 rings (SSSR count). The summed E-state index contributed by atoms with van der Waals surface area (Å²) in [4.78, 5) is 15.5. The third-order valence-corrected chi connectivity index (χ3v) is 4.23. The molecule has 0 spiro atoms. The van der Waals surface area contributed by atoms with Crippen molar-refractivity contribution in [3.63, 3.8) is 0 Å². The molecule has 23 heavy (non-hydrogen) atoms. The molecule has 0 fully saturated rings. The molecule has 0 aliphatic rings. The lowest BCUT2D eigenvalue weighted by Crippen LogP contribution is -2.34. The monoisotopic (exact) mass is 323 g/mol. The number of thiophene rings is 1. The fraction of sp³-hybridized carbons (Fsp3) is 0.105. The SMILES string of the molecule is O=C(COc1ccccc1)N(Cc1cccs1)c1ccccc1. The Morgan fingerprint density at radius 2 is 1.61 bits per heavy atom. The van der Waals surface area contributed by atoms with Gasteiger partial charge in [0.1, 0.15) is 5.75 Å². The van der Waals surface area contributed by atoms with Gasteiger partial charge in [-0.3, -0.25) is 4.79 Å². The Morgan fingerprint density at radius 3 is 2.26 bits per heavy atom. The number of rotatable bonds is 6. The van der Waals surface area contributed by atoms with Crippen molar-refractivity contribution in [2.24, 2.45) is 0 Å². The molecule has 0 aliphatic carbocycles. The van der Waals surface area contributed by atoms with E-state index in [1.54, 1.807) is 16.2 Å². The summed E-state index contributed by atoms with van der Waals surface area (Å²) in [6.45, 7) is 0.572. The number of anilines is 1. The Balaban J connectivity index is 1.73. The Kier molecular flexibility index (Phi) is 5.06. The first-order valence-electron chi connectivity index (χ1n) is 7.38. The van der Waals surface area contributed by atoms with Crippen LogP contribution in [0.4, 0.5) is 5.69 Å². The van der Waals surface area contributed by atoms with Crippen LogP contribution in [0.25, 0.3) is 0 Å². The molecule has 2 aromatic carbocycles. The van der Waals surface area contributed by atoms with Crippen LogP contribution in [0.2, 0.25) is 0 Å². The van der Waals surface area contributed by atoms with Gasteiger partial charge >= 0.3 is 0 Å². The van der Waals surface area contributed by atoms with Crippen LogP contribution >= 0.6 is 11.3 Å². The minimum atomic E-state index is -0.0616. The van der Waals surface area contributed by atoms with Crippen molar-refractivity contribution < 1.29 is 9.53 Å². The highest BCUT2D eigenvalue weighted by molar-refractivity contribution is 7.09. The van der Waals surface area contributed by atoms with Gasteiger partial charge in [-0.05, 0) is 35.7 Å². The molecule has 0 atom stereocenters. The minimum absolute atomic E-state index is 0.0181. The minimum Gasteiger partial charge on any atom is -0.484 e. The van der Waals surface area contributed by atoms with E-state index in [1.807, 2.05) is 78.2 Å². The maximum Gasteiger partial charge on any atom is 0.265 e. The summed E-state index contributed by atoms with van der Waals surface area (Å²) in [7, 11) is 0. The normalized spacial score (nSPS) is 10.3. The molecule has 0 radical (unpaired) electrons. The van der Waals surface area contributed by atoms with Gasteiger partial charge in [-0.15, -0.1) is 11.3 Å². The van der Waals surface area contributed by atoms with Gasteiger partial charge in [0.25, 0.3) is 5.91 Å². The number of ether oxygens (including phenoxy) is 1. The standard InChI is InChI=1S/C19H17NO2S/c21-19(15-22-17-10-5-2-6-11-17)20(14-18-12-7-13-23-18)16-8-3-1-4-9-16/h1-13H,14-15H2. The lowest BCUT2D eigenvalue weighted by molar-refractivity contribution is -0.120. The molecule has 3 nitrogen and oxygen atoms in total. The molecule has 0 N–H and O–H groups in total. The molecule has 1 amide bonds. The Bertz CT molecular complexity index is 727. The van der Waals surface area contributed by atoms with Crippen molar-refractivity contribution in [1.82, 2.24) is 0 Å². The van der Waals surface area contributed by atoms with Crippen LogP contribution in [0, 0.1) is 0 Å². The second-order valence-electron chi connectivity index (χ2n) is 5.00. The number of carbonyl (C=O) groups is 1. The molecule has 116 valence electrons. The topological polar surface area (TPSA) is 29.5 Å². The predicted octanol–water partition coefficient (Wildman–Crippen LogP) is 4.36. The number of carbonyl (C=O) groups excluding carboxylic acids is 1. The first-order valence-corrected chi connectivity index (χ1v) is 8.26. The first-order chi connectivity index (χ1) is 11.3. The smallest absolute Gasteiger partial charge is 0.265 e. The van der Waals surface area contributed by atoms with Crippen LogP contribution < -0.4 is 9.64 Å². The molecule has 3 aromatic rings. The molecular weight excluding hydrogens is 306 g/mol. The van der Waals surface area contributed by atoms with Gasteiger partial charge in [0, 0.05) is 10.6 Å². The zero-order valence-electron chi connectivity index (χ0n) is 12.6. The lowest BCUT2D eigenvalue weighted by atomic mass is 10.2. The first kappa shape index (κ1) is 15.3. The quantitative estimate of drug-likeness (QED) is 0.674. The van der Waals surface area contributed by atoms with Gasteiger partial charge in [0.2, 0.25) is 0 Å². The maximum absolute atomic E-state index is 12.6. The summed E-state index contributed by atoms with van der Waals surface area (Å²) >= 11 is 1.64.